The van der Waals surface area contributed by atoms with Crippen molar-refractivity contribution >= 4 is 0 Å². The predicted molar refractivity (Wildman–Crippen MR) is 79.0 cm³/mol. The van der Waals surface area contributed by atoms with Gasteiger partial charge in [0.2, 0.25) is 0 Å². The van der Waals surface area contributed by atoms with E-state index in [-0.39, 0.29) is 0 Å². The average molecular weight is 255 g/mol. The van der Waals surface area contributed by atoms with Crippen LogP contribution in [0.2, 0.25) is 0 Å². The molecule has 18 heavy (non-hydrogen) atoms. The van der Waals surface area contributed by atoms with Crippen LogP contribution in [-0.4, -0.2) is 26.8 Å². The third kappa shape index (κ3) is 6.19. The van der Waals surface area contributed by atoms with Crippen molar-refractivity contribution < 1.29 is 4.74 Å². The van der Waals surface area contributed by atoms with E-state index in [0.29, 0.717) is 5.41 Å². The van der Waals surface area contributed by atoms with Crippen molar-refractivity contribution in [3.8, 4) is 0 Å². The normalized spacial score (nSPS) is 19.3. The van der Waals surface area contributed by atoms with Crippen molar-refractivity contribution in [1.82, 2.24) is 5.32 Å². The number of methoxy groups -OCH3 is 1. The first-order valence-electron chi connectivity index (χ1n) is 7.88. The van der Waals surface area contributed by atoms with Crippen LogP contribution in [0.1, 0.15) is 65.2 Å². The lowest BCUT2D eigenvalue weighted by molar-refractivity contribution is 0.148. The summed E-state index contributed by atoms with van der Waals surface area (Å²) in [5, 5.41) is 3.61. The lowest BCUT2D eigenvalue weighted by Crippen LogP contribution is -2.37. The molecule has 0 radical (unpaired) electrons. The fourth-order valence-electron chi connectivity index (χ4n) is 3.23. The molecule has 1 N–H and O–H groups in total. The highest BCUT2D eigenvalue weighted by atomic mass is 16.5. The quantitative estimate of drug-likeness (QED) is 0.629. The van der Waals surface area contributed by atoms with Gasteiger partial charge in [-0.3, -0.25) is 0 Å². The Balaban J connectivity index is 2.32. The molecule has 2 nitrogen and oxygen atoms in total. The number of hydrogen-bond donors (Lipinski definition) is 1. The van der Waals surface area contributed by atoms with Crippen molar-refractivity contribution in [3.05, 3.63) is 0 Å². The van der Waals surface area contributed by atoms with Gasteiger partial charge in [-0.05, 0) is 30.6 Å². The maximum absolute atomic E-state index is 5.11. The van der Waals surface area contributed by atoms with Crippen LogP contribution < -0.4 is 5.32 Å². The largest absolute Gasteiger partial charge is 0.383 e. The monoisotopic (exact) mass is 255 g/mol. The van der Waals surface area contributed by atoms with Crippen molar-refractivity contribution in [2.24, 2.45) is 11.3 Å². The van der Waals surface area contributed by atoms with Gasteiger partial charge in [0, 0.05) is 20.2 Å². The Labute approximate surface area is 114 Å². The molecule has 0 spiro atoms. The van der Waals surface area contributed by atoms with Crippen LogP contribution in [-0.2, 0) is 4.74 Å². The van der Waals surface area contributed by atoms with Crippen LogP contribution >= 0.6 is 0 Å². The molecule has 0 heterocycles. The third-order valence-electron chi connectivity index (χ3n) is 4.39. The Bertz CT molecular complexity index is 197. The molecule has 1 saturated carbocycles. The van der Waals surface area contributed by atoms with Crippen LogP contribution in [0.4, 0.5) is 0 Å². The predicted octanol–water partition coefficient (Wildman–Crippen LogP) is 4.00. The molecule has 1 aliphatic carbocycles. The van der Waals surface area contributed by atoms with Crippen molar-refractivity contribution in [2.45, 2.75) is 65.2 Å². The van der Waals surface area contributed by atoms with E-state index < -0.39 is 0 Å². The summed E-state index contributed by atoms with van der Waals surface area (Å²) < 4.78 is 5.11. The fraction of sp³-hybridized carbons (Fsp3) is 1.00. The maximum atomic E-state index is 5.11. The highest BCUT2D eigenvalue weighted by Crippen LogP contribution is 2.40. The molecule has 0 bridgehead atoms. The second-order valence-electron chi connectivity index (χ2n) is 6.52. The van der Waals surface area contributed by atoms with E-state index in [9.17, 15) is 0 Å². The summed E-state index contributed by atoms with van der Waals surface area (Å²) in [6, 6.07) is 0. The Hall–Kier alpha value is -0.0800. The van der Waals surface area contributed by atoms with Crippen molar-refractivity contribution in [3.63, 3.8) is 0 Å². The Morgan fingerprint density at radius 1 is 1.17 bits per heavy atom. The van der Waals surface area contributed by atoms with Gasteiger partial charge in [-0.1, -0.05) is 46.0 Å². The van der Waals surface area contributed by atoms with Crippen LogP contribution in [0.5, 0.6) is 0 Å². The molecule has 0 saturated heterocycles. The van der Waals surface area contributed by atoms with E-state index in [2.05, 4.69) is 19.2 Å². The van der Waals surface area contributed by atoms with Gasteiger partial charge in [0.1, 0.15) is 0 Å². The lowest BCUT2D eigenvalue weighted by Gasteiger charge is -2.38. The zero-order valence-corrected chi connectivity index (χ0v) is 12.8. The number of rotatable bonds is 9. The van der Waals surface area contributed by atoms with Gasteiger partial charge in [0.05, 0.1) is 6.61 Å². The molecule has 108 valence electrons. The van der Waals surface area contributed by atoms with Gasteiger partial charge < -0.3 is 10.1 Å². The van der Waals surface area contributed by atoms with Gasteiger partial charge in [-0.25, -0.2) is 0 Å². The molecule has 0 atom stereocenters. The minimum atomic E-state index is 0.598. The summed E-state index contributed by atoms with van der Waals surface area (Å²) in [7, 11) is 1.78. The first-order chi connectivity index (χ1) is 8.68. The first kappa shape index (κ1) is 16.0. The number of ether oxygens (including phenoxy) is 1. The van der Waals surface area contributed by atoms with E-state index in [4.69, 9.17) is 4.74 Å². The number of nitrogens with one attached hydrogen (secondary N) is 1. The average Bonchev–Trinajstić information content (AvgIpc) is 2.36. The minimum absolute atomic E-state index is 0.598. The molecule has 0 aliphatic heterocycles. The molecule has 2 heteroatoms. The zero-order valence-electron chi connectivity index (χ0n) is 12.8. The van der Waals surface area contributed by atoms with Crippen molar-refractivity contribution in [2.75, 3.05) is 26.8 Å². The van der Waals surface area contributed by atoms with Gasteiger partial charge in [-0.2, -0.15) is 0 Å². The van der Waals surface area contributed by atoms with Gasteiger partial charge >= 0.3 is 0 Å². The number of hydrogen-bond acceptors (Lipinski definition) is 2. The van der Waals surface area contributed by atoms with E-state index in [1.165, 1.54) is 57.9 Å². The second-order valence-corrected chi connectivity index (χ2v) is 6.52. The highest BCUT2D eigenvalue weighted by Gasteiger charge is 2.30. The van der Waals surface area contributed by atoms with Gasteiger partial charge in [-0.15, -0.1) is 0 Å². The molecule has 0 aromatic rings. The summed E-state index contributed by atoms with van der Waals surface area (Å²) in [6.45, 7) is 7.72. The minimum Gasteiger partial charge on any atom is -0.383 e. The summed E-state index contributed by atoms with van der Waals surface area (Å²) in [5.74, 6) is 0.854. The summed E-state index contributed by atoms with van der Waals surface area (Å²) in [6.07, 6.45) is 11.4. The Kier molecular flexibility index (Phi) is 7.92. The van der Waals surface area contributed by atoms with E-state index in [0.717, 1.165) is 19.1 Å². The van der Waals surface area contributed by atoms with Crippen molar-refractivity contribution in [1.29, 1.82) is 0 Å². The standard InChI is InChI=1S/C16H33NO/c1-15(2)8-7-11-16(9-5-4-6-10-16)14-17-12-13-18-3/h15,17H,4-14H2,1-3H3. The van der Waals surface area contributed by atoms with Crippen LogP contribution in [0.15, 0.2) is 0 Å². The lowest BCUT2D eigenvalue weighted by atomic mass is 9.70. The molecule has 1 rings (SSSR count). The summed E-state index contributed by atoms with van der Waals surface area (Å²) >= 11 is 0. The van der Waals surface area contributed by atoms with E-state index in [1.807, 2.05) is 0 Å². The zero-order chi connectivity index (χ0) is 13.3. The van der Waals surface area contributed by atoms with Crippen LogP contribution in [0, 0.1) is 11.3 Å². The summed E-state index contributed by atoms with van der Waals surface area (Å²) in [4.78, 5) is 0. The van der Waals surface area contributed by atoms with Gasteiger partial charge in [0.15, 0.2) is 0 Å². The SMILES string of the molecule is COCCNCC1(CCCC(C)C)CCCCC1. The topological polar surface area (TPSA) is 21.3 Å². The Morgan fingerprint density at radius 3 is 2.50 bits per heavy atom. The Morgan fingerprint density at radius 2 is 1.89 bits per heavy atom. The molecular formula is C16H33NO. The van der Waals surface area contributed by atoms with E-state index >= 15 is 0 Å². The smallest absolute Gasteiger partial charge is 0.0587 e. The molecule has 1 aliphatic rings. The fourth-order valence-corrected chi connectivity index (χ4v) is 3.23. The first-order valence-corrected chi connectivity index (χ1v) is 7.88. The molecule has 0 unspecified atom stereocenters. The maximum Gasteiger partial charge on any atom is 0.0587 e. The third-order valence-corrected chi connectivity index (χ3v) is 4.39. The van der Waals surface area contributed by atoms with Gasteiger partial charge in [0.25, 0.3) is 0 Å². The van der Waals surface area contributed by atoms with Crippen LogP contribution in [0.25, 0.3) is 0 Å². The summed E-state index contributed by atoms with van der Waals surface area (Å²) in [5.41, 5.74) is 0.598. The molecule has 0 amide bonds. The molecular weight excluding hydrogens is 222 g/mol. The molecule has 0 aromatic carbocycles. The highest BCUT2D eigenvalue weighted by molar-refractivity contribution is 4.85. The van der Waals surface area contributed by atoms with E-state index in [1.54, 1.807) is 7.11 Å². The molecule has 1 fully saturated rings. The second kappa shape index (κ2) is 8.92. The van der Waals surface area contributed by atoms with Crippen LogP contribution in [0.3, 0.4) is 0 Å². The molecule has 0 aromatic heterocycles.